The Balaban J connectivity index is 1.63. The largest absolute Gasteiger partial charge is 0.347 e. The quantitative estimate of drug-likeness (QED) is 0.817. The number of rotatable bonds is 4. The molecule has 0 saturated heterocycles. The molecule has 0 radical (unpaired) electrons. The van der Waals surface area contributed by atoms with Gasteiger partial charge in [0.05, 0.1) is 9.77 Å². The summed E-state index contributed by atoms with van der Waals surface area (Å²) < 4.78 is 22.5. The van der Waals surface area contributed by atoms with Crippen LogP contribution >= 0.6 is 11.3 Å². The number of benzene rings is 1. The minimum Gasteiger partial charge on any atom is -0.347 e. The predicted octanol–water partition coefficient (Wildman–Crippen LogP) is 2.59. The van der Waals surface area contributed by atoms with Crippen molar-refractivity contribution in [3.05, 3.63) is 51.2 Å². The number of nitrogens with two attached hydrogens (primary N) is 1. The van der Waals surface area contributed by atoms with Gasteiger partial charge in [0, 0.05) is 11.4 Å². The number of primary sulfonamides is 1. The van der Waals surface area contributed by atoms with Gasteiger partial charge >= 0.3 is 0 Å². The molecule has 0 saturated carbocycles. The van der Waals surface area contributed by atoms with Gasteiger partial charge in [-0.2, -0.15) is 0 Å². The third-order valence-corrected chi connectivity index (χ3v) is 6.34. The molecule has 5 nitrogen and oxygen atoms in total. The van der Waals surface area contributed by atoms with Crippen molar-refractivity contribution >= 4 is 27.3 Å². The van der Waals surface area contributed by atoms with E-state index in [0.717, 1.165) is 23.3 Å². The van der Waals surface area contributed by atoms with E-state index in [4.69, 9.17) is 5.14 Å². The second kappa shape index (κ2) is 7.04. The second-order valence-electron chi connectivity index (χ2n) is 5.99. The first-order chi connectivity index (χ1) is 11.4. The molecule has 0 unspecified atom stereocenters. The average Bonchev–Trinajstić information content (AvgIpc) is 2.83. The first-order valence-corrected chi connectivity index (χ1v) is 10.3. The van der Waals surface area contributed by atoms with Crippen LogP contribution in [0.1, 0.15) is 44.9 Å². The fourth-order valence-electron chi connectivity index (χ4n) is 2.85. The molecule has 3 rings (SSSR count). The summed E-state index contributed by atoms with van der Waals surface area (Å²) in [5, 5.41) is 7.96. The fourth-order valence-corrected chi connectivity index (χ4v) is 4.53. The van der Waals surface area contributed by atoms with Crippen molar-refractivity contribution in [1.29, 1.82) is 0 Å². The monoisotopic (exact) mass is 364 g/mol. The van der Waals surface area contributed by atoms with Crippen LogP contribution in [0, 0.1) is 0 Å². The molecule has 1 amide bonds. The number of thiophene rings is 1. The van der Waals surface area contributed by atoms with Crippen molar-refractivity contribution in [1.82, 2.24) is 5.32 Å². The first-order valence-electron chi connectivity index (χ1n) is 7.95. The Morgan fingerprint density at radius 2 is 1.83 bits per heavy atom. The normalized spacial score (nSPS) is 14.7. The smallest absolute Gasteiger partial charge is 0.261 e. The van der Waals surface area contributed by atoms with Crippen LogP contribution in [0.2, 0.25) is 0 Å². The molecule has 1 aliphatic rings. The lowest BCUT2D eigenvalue weighted by Gasteiger charge is -2.05. The van der Waals surface area contributed by atoms with E-state index < -0.39 is 10.0 Å². The number of amides is 1. The zero-order valence-corrected chi connectivity index (χ0v) is 14.9. The van der Waals surface area contributed by atoms with E-state index in [9.17, 15) is 13.2 Å². The Morgan fingerprint density at radius 1 is 1.12 bits per heavy atom. The third-order valence-electron chi connectivity index (χ3n) is 4.18. The van der Waals surface area contributed by atoms with Gasteiger partial charge in [-0.3, -0.25) is 4.79 Å². The van der Waals surface area contributed by atoms with Gasteiger partial charge in [-0.05, 0) is 55.0 Å². The Bertz CT molecular complexity index is 816. The molecule has 0 fully saturated rings. The van der Waals surface area contributed by atoms with Crippen molar-refractivity contribution in [2.75, 3.05) is 0 Å². The van der Waals surface area contributed by atoms with Crippen molar-refractivity contribution in [3.8, 4) is 0 Å². The summed E-state index contributed by atoms with van der Waals surface area (Å²) in [6.07, 6.45) is 5.79. The standard InChI is InChI=1S/C17H20N2O3S2/c18-24(21,22)14-8-6-12(7-9-14)11-19-17(20)16-10-13-4-2-1-3-5-15(13)23-16/h6-10H,1-5,11H2,(H,19,20)(H2,18,21,22). The van der Waals surface area contributed by atoms with E-state index in [1.54, 1.807) is 23.5 Å². The molecule has 0 bridgehead atoms. The molecule has 24 heavy (non-hydrogen) atoms. The molecule has 1 aromatic heterocycles. The van der Waals surface area contributed by atoms with E-state index in [1.165, 1.54) is 41.8 Å². The van der Waals surface area contributed by atoms with Gasteiger partial charge in [-0.1, -0.05) is 18.6 Å². The average molecular weight is 364 g/mol. The highest BCUT2D eigenvalue weighted by Gasteiger charge is 2.16. The summed E-state index contributed by atoms with van der Waals surface area (Å²) in [5.41, 5.74) is 2.15. The molecule has 0 atom stereocenters. The fraction of sp³-hybridized carbons (Fsp3) is 0.353. The van der Waals surface area contributed by atoms with Gasteiger partial charge in [0.1, 0.15) is 0 Å². The van der Waals surface area contributed by atoms with Crippen LogP contribution < -0.4 is 10.5 Å². The van der Waals surface area contributed by atoms with Gasteiger partial charge in [-0.25, -0.2) is 13.6 Å². The zero-order chi connectivity index (χ0) is 17.2. The van der Waals surface area contributed by atoms with E-state index in [0.29, 0.717) is 6.54 Å². The maximum atomic E-state index is 12.3. The van der Waals surface area contributed by atoms with E-state index in [-0.39, 0.29) is 10.8 Å². The minimum absolute atomic E-state index is 0.0690. The third kappa shape index (κ3) is 4.03. The SMILES string of the molecule is NS(=O)(=O)c1ccc(CNC(=O)c2cc3c(s2)CCCCC3)cc1. The second-order valence-corrected chi connectivity index (χ2v) is 8.69. The van der Waals surface area contributed by atoms with Crippen LogP contribution in [0.25, 0.3) is 0 Å². The lowest BCUT2D eigenvalue weighted by molar-refractivity contribution is 0.0955. The zero-order valence-electron chi connectivity index (χ0n) is 13.2. The van der Waals surface area contributed by atoms with Crippen LogP contribution in [-0.2, 0) is 29.4 Å². The first kappa shape index (κ1) is 17.1. The number of sulfonamides is 1. The van der Waals surface area contributed by atoms with Crippen LogP contribution in [-0.4, -0.2) is 14.3 Å². The van der Waals surface area contributed by atoms with Crippen molar-refractivity contribution in [2.45, 2.75) is 43.5 Å². The van der Waals surface area contributed by atoms with Crippen LogP contribution in [0.5, 0.6) is 0 Å². The lowest BCUT2D eigenvalue weighted by atomic mass is 10.1. The van der Waals surface area contributed by atoms with Crippen molar-refractivity contribution in [3.63, 3.8) is 0 Å². The highest BCUT2D eigenvalue weighted by atomic mass is 32.2. The number of nitrogens with one attached hydrogen (secondary N) is 1. The molecule has 0 spiro atoms. The van der Waals surface area contributed by atoms with Crippen LogP contribution in [0.3, 0.4) is 0 Å². The Kier molecular flexibility index (Phi) is 5.03. The molecule has 2 aromatic rings. The molecule has 3 N–H and O–H groups in total. The number of carbonyl (C=O) groups excluding carboxylic acids is 1. The van der Waals surface area contributed by atoms with Crippen LogP contribution in [0.15, 0.2) is 35.2 Å². The van der Waals surface area contributed by atoms with Crippen molar-refractivity contribution in [2.24, 2.45) is 5.14 Å². The van der Waals surface area contributed by atoms with E-state index >= 15 is 0 Å². The topological polar surface area (TPSA) is 89.3 Å². The molecule has 0 aliphatic heterocycles. The summed E-state index contributed by atoms with van der Waals surface area (Å²) in [6.45, 7) is 0.353. The summed E-state index contributed by atoms with van der Waals surface area (Å²) in [7, 11) is -3.68. The maximum absolute atomic E-state index is 12.3. The molecular weight excluding hydrogens is 344 g/mol. The highest BCUT2D eigenvalue weighted by Crippen LogP contribution is 2.28. The Morgan fingerprint density at radius 3 is 2.54 bits per heavy atom. The molecule has 128 valence electrons. The molecule has 1 aliphatic carbocycles. The van der Waals surface area contributed by atoms with Crippen molar-refractivity contribution < 1.29 is 13.2 Å². The lowest BCUT2D eigenvalue weighted by Crippen LogP contribution is -2.22. The number of fused-ring (bicyclic) bond motifs is 1. The maximum Gasteiger partial charge on any atom is 0.261 e. The Labute approximate surface area is 145 Å². The van der Waals surface area contributed by atoms with Gasteiger partial charge in [0.2, 0.25) is 10.0 Å². The van der Waals surface area contributed by atoms with Gasteiger partial charge in [0.25, 0.3) is 5.91 Å². The summed E-state index contributed by atoms with van der Waals surface area (Å²) in [4.78, 5) is 14.5. The summed E-state index contributed by atoms with van der Waals surface area (Å²) in [5.74, 6) is -0.0800. The number of aryl methyl sites for hydroxylation is 2. The molecule has 7 heteroatoms. The van der Waals surface area contributed by atoms with E-state index in [2.05, 4.69) is 5.32 Å². The number of hydrogen-bond donors (Lipinski definition) is 2. The van der Waals surface area contributed by atoms with Gasteiger partial charge in [0.15, 0.2) is 0 Å². The van der Waals surface area contributed by atoms with Crippen LogP contribution in [0.4, 0.5) is 0 Å². The minimum atomic E-state index is -3.68. The van der Waals surface area contributed by atoms with Gasteiger partial charge < -0.3 is 5.32 Å². The Hall–Kier alpha value is -1.70. The molecule has 1 heterocycles. The summed E-state index contributed by atoms with van der Waals surface area (Å²) >= 11 is 1.59. The highest BCUT2D eigenvalue weighted by molar-refractivity contribution is 7.89. The summed E-state index contributed by atoms with van der Waals surface area (Å²) in [6, 6.07) is 8.23. The van der Waals surface area contributed by atoms with E-state index in [1.807, 2.05) is 6.07 Å². The number of hydrogen-bond acceptors (Lipinski definition) is 4. The molecule has 1 aromatic carbocycles. The van der Waals surface area contributed by atoms with Gasteiger partial charge in [-0.15, -0.1) is 11.3 Å². The molecular formula is C17H20N2O3S2. The number of carbonyl (C=O) groups is 1. The predicted molar refractivity (Wildman–Crippen MR) is 94.6 cm³/mol.